The van der Waals surface area contributed by atoms with Gasteiger partial charge in [0.15, 0.2) is 0 Å². The van der Waals surface area contributed by atoms with Gasteiger partial charge >= 0.3 is 5.97 Å². The van der Waals surface area contributed by atoms with Crippen molar-refractivity contribution in [1.82, 2.24) is 0 Å². The van der Waals surface area contributed by atoms with Crippen molar-refractivity contribution in [2.45, 2.75) is 6.42 Å². The van der Waals surface area contributed by atoms with E-state index in [2.05, 4.69) is 5.32 Å². The van der Waals surface area contributed by atoms with Crippen LogP contribution in [0.3, 0.4) is 0 Å². The molecule has 0 aromatic heterocycles. The van der Waals surface area contributed by atoms with Crippen molar-refractivity contribution >= 4 is 29.2 Å². The predicted molar refractivity (Wildman–Crippen MR) is 83.6 cm³/mol. The van der Waals surface area contributed by atoms with Crippen LogP contribution in [-0.2, 0) is 4.79 Å². The maximum Gasteiger partial charge on any atom is 0.306 e. The van der Waals surface area contributed by atoms with Crippen LogP contribution < -0.4 is 10.1 Å². The summed E-state index contributed by atoms with van der Waals surface area (Å²) in [4.78, 5) is 22.5. The lowest BCUT2D eigenvalue weighted by atomic mass is 10.2. The molecule has 0 fully saturated rings. The molecule has 0 radical (unpaired) electrons. The zero-order chi connectivity index (χ0) is 15.9. The number of para-hydroxylation sites is 1. The molecule has 0 spiro atoms. The molecule has 6 heteroatoms. The first-order valence-corrected chi connectivity index (χ1v) is 6.94. The first-order valence-electron chi connectivity index (χ1n) is 6.57. The number of aliphatic carboxylic acids is 1. The number of benzene rings is 2. The van der Waals surface area contributed by atoms with Crippen molar-refractivity contribution in [2.24, 2.45) is 0 Å². The van der Waals surface area contributed by atoms with E-state index in [0.29, 0.717) is 22.0 Å². The van der Waals surface area contributed by atoms with Gasteiger partial charge in [0.2, 0.25) is 0 Å². The number of hydrogen-bond donors (Lipinski definition) is 2. The predicted octanol–water partition coefficient (Wildman–Crippen LogP) is 3.45. The minimum atomic E-state index is -0.921. The van der Waals surface area contributed by atoms with E-state index in [-0.39, 0.29) is 18.9 Å². The highest BCUT2D eigenvalue weighted by molar-refractivity contribution is 6.33. The van der Waals surface area contributed by atoms with E-state index in [1.807, 2.05) is 0 Å². The van der Waals surface area contributed by atoms with Crippen LogP contribution in [0.4, 0.5) is 5.69 Å². The van der Waals surface area contributed by atoms with E-state index < -0.39 is 5.97 Å². The normalized spacial score (nSPS) is 10.0. The molecule has 0 saturated heterocycles. The molecule has 0 heterocycles. The molecule has 0 unspecified atom stereocenters. The van der Waals surface area contributed by atoms with Gasteiger partial charge in [0.1, 0.15) is 5.75 Å². The molecule has 0 saturated carbocycles. The SMILES string of the molecule is O=C(O)CCOc1ccc(C(=O)Nc2ccccc2Cl)cc1. The number of carboxylic acid groups (broad SMARTS) is 1. The zero-order valence-corrected chi connectivity index (χ0v) is 12.3. The lowest BCUT2D eigenvalue weighted by Crippen LogP contribution is -2.12. The summed E-state index contributed by atoms with van der Waals surface area (Å²) in [6.45, 7) is 0.0838. The van der Waals surface area contributed by atoms with Gasteiger partial charge in [-0.25, -0.2) is 0 Å². The highest BCUT2D eigenvalue weighted by Gasteiger charge is 2.08. The molecular weight excluding hydrogens is 306 g/mol. The number of nitrogens with one attached hydrogen (secondary N) is 1. The number of ether oxygens (including phenoxy) is 1. The number of carbonyl (C=O) groups is 2. The summed E-state index contributed by atoms with van der Waals surface area (Å²) in [5.74, 6) is -0.698. The minimum absolute atomic E-state index is 0.0747. The Morgan fingerprint density at radius 2 is 1.77 bits per heavy atom. The van der Waals surface area contributed by atoms with E-state index in [4.69, 9.17) is 21.4 Å². The summed E-state index contributed by atoms with van der Waals surface area (Å²) in [6.07, 6.45) is -0.0747. The molecule has 1 amide bonds. The second-order valence-electron chi connectivity index (χ2n) is 4.45. The Morgan fingerprint density at radius 3 is 2.41 bits per heavy atom. The quantitative estimate of drug-likeness (QED) is 0.855. The maximum atomic E-state index is 12.1. The van der Waals surface area contributed by atoms with Crippen LogP contribution >= 0.6 is 11.6 Å². The molecule has 2 aromatic carbocycles. The van der Waals surface area contributed by atoms with Crippen molar-refractivity contribution in [3.05, 3.63) is 59.1 Å². The van der Waals surface area contributed by atoms with Gasteiger partial charge < -0.3 is 15.2 Å². The number of anilines is 1. The average Bonchev–Trinajstić information content (AvgIpc) is 2.50. The van der Waals surface area contributed by atoms with Gasteiger partial charge in [-0.1, -0.05) is 23.7 Å². The Labute approximate surface area is 132 Å². The van der Waals surface area contributed by atoms with E-state index >= 15 is 0 Å². The lowest BCUT2D eigenvalue weighted by molar-refractivity contribution is -0.137. The molecule has 0 atom stereocenters. The van der Waals surface area contributed by atoms with Gasteiger partial charge in [0, 0.05) is 5.56 Å². The number of rotatable bonds is 6. The van der Waals surface area contributed by atoms with Gasteiger partial charge in [0.05, 0.1) is 23.7 Å². The van der Waals surface area contributed by atoms with Crippen LogP contribution in [0.2, 0.25) is 5.02 Å². The Morgan fingerprint density at radius 1 is 1.09 bits per heavy atom. The minimum Gasteiger partial charge on any atom is -0.493 e. The third-order valence-electron chi connectivity index (χ3n) is 2.82. The van der Waals surface area contributed by atoms with Crippen molar-refractivity contribution in [3.8, 4) is 5.75 Å². The topological polar surface area (TPSA) is 75.6 Å². The summed E-state index contributed by atoms with van der Waals surface area (Å²) in [5.41, 5.74) is 0.987. The number of hydrogen-bond acceptors (Lipinski definition) is 3. The molecule has 0 aliphatic rings. The third kappa shape index (κ3) is 4.49. The number of carboxylic acids is 1. The molecule has 0 bridgehead atoms. The summed E-state index contributed by atoms with van der Waals surface area (Å²) in [6, 6.07) is 13.4. The van der Waals surface area contributed by atoms with Gasteiger partial charge in [-0.2, -0.15) is 0 Å². The summed E-state index contributed by atoms with van der Waals surface area (Å²) in [5, 5.41) is 11.7. The van der Waals surface area contributed by atoms with Crippen LogP contribution in [0, 0.1) is 0 Å². The van der Waals surface area contributed by atoms with Crippen LogP contribution in [0.1, 0.15) is 16.8 Å². The molecule has 22 heavy (non-hydrogen) atoms. The Kier molecular flexibility index (Phi) is 5.38. The van der Waals surface area contributed by atoms with Gasteiger partial charge in [-0.3, -0.25) is 9.59 Å². The summed E-state index contributed by atoms with van der Waals surface area (Å²) >= 11 is 5.98. The molecular formula is C16H14ClNO4. The molecule has 0 aliphatic heterocycles. The standard InChI is InChI=1S/C16H14ClNO4/c17-13-3-1-2-4-14(13)18-16(21)11-5-7-12(8-6-11)22-10-9-15(19)20/h1-8H,9-10H2,(H,18,21)(H,19,20). The highest BCUT2D eigenvalue weighted by Crippen LogP contribution is 2.21. The first kappa shape index (κ1) is 15.9. The van der Waals surface area contributed by atoms with Crippen LogP contribution in [0.15, 0.2) is 48.5 Å². The fourth-order valence-corrected chi connectivity index (χ4v) is 1.90. The van der Waals surface area contributed by atoms with E-state index in [1.165, 1.54) is 0 Å². The Balaban J connectivity index is 1.96. The molecule has 2 aromatic rings. The van der Waals surface area contributed by atoms with E-state index in [9.17, 15) is 9.59 Å². The smallest absolute Gasteiger partial charge is 0.306 e. The zero-order valence-electron chi connectivity index (χ0n) is 11.6. The number of halogens is 1. The van der Waals surface area contributed by atoms with Crippen LogP contribution in [0.25, 0.3) is 0 Å². The average molecular weight is 320 g/mol. The molecule has 5 nitrogen and oxygen atoms in total. The fraction of sp³-hybridized carbons (Fsp3) is 0.125. The van der Waals surface area contributed by atoms with Gasteiger partial charge in [-0.15, -0.1) is 0 Å². The molecule has 2 rings (SSSR count). The van der Waals surface area contributed by atoms with Crippen molar-refractivity contribution < 1.29 is 19.4 Å². The molecule has 114 valence electrons. The van der Waals surface area contributed by atoms with E-state index in [1.54, 1.807) is 48.5 Å². The Bertz CT molecular complexity index is 670. The first-order chi connectivity index (χ1) is 10.6. The van der Waals surface area contributed by atoms with Crippen LogP contribution in [-0.4, -0.2) is 23.6 Å². The van der Waals surface area contributed by atoms with Crippen molar-refractivity contribution in [1.29, 1.82) is 0 Å². The third-order valence-corrected chi connectivity index (χ3v) is 3.15. The second kappa shape index (κ2) is 7.47. The van der Waals surface area contributed by atoms with Crippen molar-refractivity contribution in [3.63, 3.8) is 0 Å². The van der Waals surface area contributed by atoms with Gasteiger partial charge in [-0.05, 0) is 36.4 Å². The monoisotopic (exact) mass is 319 g/mol. The molecule has 2 N–H and O–H groups in total. The van der Waals surface area contributed by atoms with Crippen molar-refractivity contribution in [2.75, 3.05) is 11.9 Å². The van der Waals surface area contributed by atoms with Crippen LogP contribution in [0.5, 0.6) is 5.75 Å². The number of carbonyl (C=O) groups excluding carboxylic acids is 1. The second-order valence-corrected chi connectivity index (χ2v) is 4.86. The van der Waals surface area contributed by atoms with Gasteiger partial charge in [0.25, 0.3) is 5.91 Å². The highest BCUT2D eigenvalue weighted by atomic mass is 35.5. The lowest BCUT2D eigenvalue weighted by Gasteiger charge is -2.08. The fourth-order valence-electron chi connectivity index (χ4n) is 1.72. The van der Waals surface area contributed by atoms with E-state index in [0.717, 1.165) is 0 Å². The summed E-state index contributed by atoms with van der Waals surface area (Å²) < 4.78 is 5.26. The largest absolute Gasteiger partial charge is 0.493 e. The Hall–Kier alpha value is -2.53. The molecule has 0 aliphatic carbocycles. The summed E-state index contributed by atoms with van der Waals surface area (Å²) in [7, 11) is 0. The maximum absolute atomic E-state index is 12.1. The number of amides is 1.